The molecule has 0 atom stereocenters. The van der Waals surface area contributed by atoms with Crippen molar-refractivity contribution >= 4 is 22.7 Å². The monoisotopic (exact) mass is 462 g/mol. The second kappa shape index (κ2) is 8.28. The summed E-state index contributed by atoms with van der Waals surface area (Å²) in [7, 11) is 0. The van der Waals surface area contributed by atoms with Crippen molar-refractivity contribution in [2.45, 2.75) is 52.4 Å². The molecule has 10 heteroatoms. The van der Waals surface area contributed by atoms with Crippen LogP contribution in [0.25, 0.3) is 16.9 Å². The van der Waals surface area contributed by atoms with E-state index in [2.05, 4.69) is 42.7 Å². The van der Waals surface area contributed by atoms with E-state index in [9.17, 15) is 9.18 Å². The van der Waals surface area contributed by atoms with Crippen molar-refractivity contribution in [2.24, 2.45) is 0 Å². The van der Waals surface area contributed by atoms with Gasteiger partial charge in [-0.3, -0.25) is 4.79 Å². The van der Waals surface area contributed by atoms with Gasteiger partial charge in [-0.05, 0) is 63.9 Å². The van der Waals surface area contributed by atoms with Gasteiger partial charge in [-0.1, -0.05) is 6.07 Å². The van der Waals surface area contributed by atoms with Crippen LogP contribution in [0.15, 0.2) is 41.5 Å². The molecule has 0 aliphatic carbocycles. The Balaban J connectivity index is 1.63. The smallest absolute Gasteiger partial charge is 0.278 e. The van der Waals surface area contributed by atoms with E-state index in [0.717, 1.165) is 25.2 Å². The number of nitrogens with one attached hydrogen (secondary N) is 2. The Hall–Kier alpha value is -3.66. The molecule has 0 fully saturated rings. The van der Waals surface area contributed by atoms with Gasteiger partial charge >= 0.3 is 0 Å². The van der Waals surface area contributed by atoms with Crippen molar-refractivity contribution in [1.82, 2.24) is 34.6 Å². The lowest BCUT2D eigenvalue weighted by Gasteiger charge is -2.18. The van der Waals surface area contributed by atoms with Gasteiger partial charge in [0.25, 0.3) is 5.56 Å². The number of rotatable bonds is 5. The summed E-state index contributed by atoms with van der Waals surface area (Å²) < 4.78 is 17.7. The van der Waals surface area contributed by atoms with Crippen molar-refractivity contribution in [3.63, 3.8) is 0 Å². The zero-order valence-corrected chi connectivity index (χ0v) is 19.6. The van der Waals surface area contributed by atoms with Crippen LogP contribution < -0.4 is 16.2 Å². The first-order valence-electron chi connectivity index (χ1n) is 11.3. The molecule has 0 saturated carbocycles. The van der Waals surface area contributed by atoms with Crippen LogP contribution >= 0.6 is 0 Å². The lowest BCUT2D eigenvalue weighted by Crippen LogP contribution is -2.25. The molecule has 0 spiro atoms. The number of halogens is 1. The molecule has 176 valence electrons. The van der Waals surface area contributed by atoms with E-state index >= 15 is 0 Å². The Morgan fingerprint density at radius 3 is 2.74 bits per heavy atom. The van der Waals surface area contributed by atoms with Crippen LogP contribution in [0, 0.1) is 0 Å². The molecular weight excluding hydrogens is 435 g/mol. The Bertz CT molecular complexity index is 1430. The molecule has 4 aromatic rings. The van der Waals surface area contributed by atoms with Gasteiger partial charge in [-0.25, -0.2) is 28.7 Å². The van der Waals surface area contributed by atoms with Crippen molar-refractivity contribution < 1.29 is 4.39 Å². The third-order valence-electron chi connectivity index (χ3n) is 5.85. The van der Waals surface area contributed by atoms with E-state index in [-0.39, 0.29) is 17.4 Å². The fourth-order valence-electron chi connectivity index (χ4n) is 4.18. The van der Waals surface area contributed by atoms with E-state index in [1.807, 2.05) is 19.9 Å². The molecule has 34 heavy (non-hydrogen) atoms. The number of hydrogen-bond donors (Lipinski definition) is 2. The molecule has 0 bridgehead atoms. The minimum Gasteiger partial charge on any atom is -0.324 e. The largest absolute Gasteiger partial charge is 0.324 e. The quantitative estimate of drug-likeness (QED) is 0.468. The number of anilines is 2. The normalized spacial score (nSPS) is 13.9. The fourth-order valence-corrected chi connectivity index (χ4v) is 4.18. The number of alkyl halides is 1. The van der Waals surface area contributed by atoms with E-state index in [1.165, 1.54) is 37.4 Å². The number of benzene rings is 1. The van der Waals surface area contributed by atoms with Gasteiger partial charge in [0.2, 0.25) is 5.95 Å². The maximum atomic E-state index is 14.6. The van der Waals surface area contributed by atoms with Crippen LogP contribution in [-0.4, -0.2) is 35.8 Å². The van der Waals surface area contributed by atoms with Crippen LogP contribution in [0.4, 0.5) is 16.0 Å². The third-order valence-corrected chi connectivity index (χ3v) is 5.85. The zero-order valence-electron chi connectivity index (χ0n) is 19.6. The van der Waals surface area contributed by atoms with Gasteiger partial charge in [-0.2, -0.15) is 4.98 Å². The van der Waals surface area contributed by atoms with Crippen LogP contribution in [0.3, 0.4) is 0 Å². The Kier molecular flexibility index (Phi) is 5.40. The molecule has 0 saturated heterocycles. The summed E-state index contributed by atoms with van der Waals surface area (Å²) in [6, 6.07) is 7.64. The van der Waals surface area contributed by atoms with E-state index in [4.69, 9.17) is 0 Å². The molecule has 1 aliphatic heterocycles. The fraction of sp³-hybridized carbons (Fsp3) is 0.375. The Morgan fingerprint density at radius 2 is 1.97 bits per heavy atom. The molecule has 0 amide bonds. The number of fused-ring (bicyclic) bond motifs is 2. The van der Waals surface area contributed by atoms with Gasteiger partial charge in [0.15, 0.2) is 23.0 Å². The Labute approximate surface area is 196 Å². The molecule has 5 rings (SSSR count). The summed E-state index contributed by atoms with van der Waals surface area (Å²) in [4.78, 5) is 30.7. The first-order valence-corrected chi connectivity index (χ1v) is 11.3. The summed E-state index contributed by atoms with van der Waals surface area (Å²) in [6.07, 6.45) is 3.97. The van der Waals surface area contributed by atoms with Crippen LogP contribution in [-0.2, 0) is 18.6 Å². The minimum atomic E-state index is -1.73. The molecule has 1 aromatic carbocycles. The van der Waals surface area contributed by atoms with Crippen molar-refractivity contribution in [3.8, 4) is 5.82 Å². The molecule has 4 heterocycles. The van der Waals surface area contributed by atoms with Gasteiger partial charge < -0.3 is 10.6 Å². The second-order valence-electron chi connectivity index (χ2n) is 9.23. The number of aromatic nitrogens is 6. The second-order valence-corrected chi connectivity index (χ2v) is 9.23. The summed E-state index contributed by atoms with van der Waals surface area (Å²) in [5, 5.41) is 6.98. The molecule has 0 radical (unpaired) electrons. The lowest BCUT2D eigenvalue weighted by molar-refractivity contribution is 0.206. The molecule has 0 unspecified atom stereocenters. The molecule has 1 aliphatic rings. The van der Waals surface area contributed by atoms with E-state index in [1.54, 1.807) is 15.4 Å². The average molecular weight is 463 g/mol. The first kappa shape index (κ1) is 22.1. The predicted octanol–water partition coefficient (Wildman–Crippen LogP) is 3.55. The lowest BCUT2D eigenvalue weighted by atomic mass is 10.0. The van der Waals surface area contributed by atoms with Crippen LogP contribution in [0.2, 0.25) is 0 Å². The highest BCUT2D eigenvalue weighted by molar-refractivity contribution is 5.77. The Morgan fingerprint density at radius 1 is 1.15 bits per heavy atom. The molecule has 3 aromatic heterocycles. The van der Waals surface area contributed by atoms with Gasteiger partial charge in [0.05, 0.1) is 0 Å². The summed E-state index contributed by atoms with van der Waals surface area (Å²) >= 11 is 0. The number of nitrogens with zero attached hydrogens (tertiary/aromatic N) is 6. The topological polar surface area (TPSA) is 103 Å². The van der Waals surface area contributed by atoms with Crippen molar-refractivity contribution in [3.05, 3.63) is 64.0 Å². The minimum absolute atomic E-state index is 0.0329. The standard InChI is InChI=1S/C24H27FN8O/c1-14(2)32-21(34)18-13-28-23(29-17-6-5-16-12-26-9-7-15(16)11-17)31-20(18)33(32)19-8-10-27-22(30-19)24(3,4)25/h5-6,8,10-11,13-14,26H,7,9,12H2,1-4H3,(H,28,29,31). The highest BCUT2D eigenvalue weighted by atomic mass is 19.1. The first-order chi connectivity index (χ1) is 16.2. The van der Waals surface area contributed by atoms with Crippen molar-refractivity contribution in [1.29, 1.82) is 0 Å². The SMILES string of the molecule is CC(C)n1c(=O)c2cnc(Nc3ccc4c(c3)CCNC4)nc2n1-c1ccnc(C(C)(C)F)n1. The van der Waals surface area contributed by atoms with Crippen LogP contribution in [0.5, 0.6) is 0 Å². The molecule has 9 nitrogen and oxygen atoms in total. The zero-order chi connectivity index (χ0) is 24.0. The van der Waals surface area contributed by atoms with Gasteiger partial charge in [-0.15, -0.1) is 0 Å². The number of hydrogen-bond acceptors (Lipinski definition) is 7. The highest BCUT2D eigenvalue weighted by Crippen LogP contribution is 2.25. The summed E-state index contributed by atoms with van der Waals surface area (Å²) in [5.74, 6) is 0.754. The highest BCUT2D eigenvalue weighted by Gasteiger charge is 2.25. The summed E-state index contributed by atoms with van der Waals surface area (Å²) in [5.41, 5.74) is 1.87. The van der Waals surface area contributed by atoms with Gasteiger partial charge in [0, 0.05) is 36.7 Å². The molecular formula is C24H27FN8O. The van der Waals surface area contributed by atoms with E-state index in [0.29, 0.717) is 22.8 Å². The maximum absolute atomic E-state index is 14.6. The van der Waals surface area contributed by atoms with Crippen molar-refractivity contribution in [2.75, 3.05) is 11.9 Å². The summed E-state index contributed by atoms with van der Waals surface area (Å²) in [6.45, 7) is 8.40. The van der Waals surface area contributed by atoms with Gasteiger partial charge in [0.1, 0.15) is 5.39 Å². The molecule has 2 N–H and O–H groups in total. The average Bonchev–Trinajstić information content (AvgIpc) is 3.10. The third kappa shape index (κ3) is 3.94. The maximum Gasteiger partial charge on any atom is 0.278 e. The van der Waals surface area contributed by atoms with Crippen LogP contribution in [0.1, 0.15) is 50.7 Å². The predicted molar refractivity (Wildman–Crippen MR) is 128 cm³/mol. The van der Waals surface area contributed by atoms with E-state index < -0.39 is 5.67 Å².